The van der Waals surface area contributed by atoms with Crippen molar-refractivity contribution >= 4 is 28.7 Å². The largest absolute Gasteiger partial charge is 0.497 e. The van der Waals surface area contributed by atoms with Crippen LogP contribution >= 0.6 is 0 Å². The fourth-order valence-corrected chi connectivity index (χ4v) is 2.34. The lowest BCUT2D eigenvalue weighted by Crippen LogP contribution is -2.05. The van der Waals surface area contributed by atoms with Gasteiger partial charge in [-0.25, -0.2) is 9.97 Å². The zero-order chi connectivity index (χ0) is 18.4. The number of anilines is 5. The molecular formula is C19H21N5O2. The lowest BCUT2D eigenvalue weighted by atomic mass is 10.3. The molecule has 0 amide bonds. The van der Waals surface area contributed by atoms with Crippen LogP contribution in [0.3, 0.4) is 0 Å². The second-order valence-electron chi connectivity index (χ2n) is 5.42. The van der Waals surface area contributed by atoms with Gasteiger partial charge in [0.1, 0.15) is 23.5 Å². The maximum atomic E-state index is 6.21. The molecule has 0 unspecified atom stereocenters. The maximum Gasteiger partial charge on any atom is 0.159 e. The Balaban J connectivity index is 1.75. The molecule has 0 atom stereocenters. The van der Waals surface area contributed by atoms with E-state index in [0.29, 0.717) is 23.9 Å². The number of methoxy groups -OCH3 is 1. The molecule has 134 valence electrons. The summed E-state index contributed by atoms with van der Waals surface area (Å²) in [7, 11) is 1.63. The van der Waals surface area contributed by atoms with Crippen LogP contribution in [-0.4, -0.2) is 23.7 Å². The summed E-state index contributed by atoms with van der Waals surface area (Å²) in [6, 6.07) is 15.1. The Morgan fingerprint density at radius 2 is 1.35 bits per heavy atom. The Labute approximate surface area is 152 Å². The van der Waals surface area contributed by atoms with Crippen LogP contribution < -0.4 is 25.8 Å². The number of hydrogen-bond acceptors (Lipinski definition) is 7. The van der Waals surface area contributed by atoms with E-state index in [4.69, 9.17) is 15.2 Å². The summed E-state index contributed by atoms with van der Waals surface area (Å²) in [5, 5.41) is 6.38. The summed E-state index contributed by atoms with van der Waals surface area (Å²) >= 11 is 0. The van der Waals surface area contributed by atoms with E-state index in [1.165, 1.54) is 6.33 Å². The molecule has 0 aliphatic heterocycles. The molecule has 2 aromatic carbocycles. The molecule has 0 saturated heterocycles. The van der Waals surface area contributed by atoms with E-state index in [-0.39, 0.29) is 0 Å². The quantitative estimate of drug-likeness (QED) is 0.593. The van der Waals surface area contributed by atoms with Gasteiger partial charge >= 0.3 is 0 Å². The van der Waals surface area contributed by atoms with Crippen molar-refractivity contribution in [2.75, 3.05) is 30.1 Å². The molecule has 0 aliphatic rings. The van der Waals surface area contributed by atoms with Gasteiger partial charge in [-0.3, -0.25) is 0 Å². The molecule has 0 radical (unpaired) electrons. The minimum atomic E-state index is 0.428. The molecule has 7 nitrogen and oxygen atoms in total. The van der Waals surface area contributed by atoms with Gasteiger partial charge in [-0.05, 0) is 55.5 Å². The van der Waals surface area contributed by atoms with Gasteiger partial charge in [-0.1, -0.05) is 0 Å². The summed E-state index contributed by atoms with van der Waals surface area (Å²) in [6.07, 6.45) is 1.46. The number of nitrogen functional groups attached to an aromatic ring is 1. The molecule has 0 spiro atoms. The first-order valence-electron chi connectivity index (χ1n) is 8.21. The summed E-state index contributed by atoms with van der Waals surface area (Å²) < 4.78 is 10.6. The minimum absolute atomic E-state index is 0.428. The first-order valence-corrected chi connectivity index (χ1v) is 8.21. The molecule has 26 heavy (non-hydrogen) atoms. The van der Waals surface area contributed by atoms with Crippen molar-refractivity contribution in [2.24, 2.45) is 0 Å². The molecule has 4 N–H and O–H groups in total. The summed E-state index contributed by atoms with van der Waals surface area (Å²) in [5.74, 6) is 2.65. The predicted molar refractivity (Wildman–Crippen MR) is 104 cm³/mol. The van der Waals surface area contributed by atoms with Crippen LogP contribution in [-0.2, 0) is 0 Å². The van der Waals surface area contributed by atoms with Crippen molar-refractivity contribution < 1.29 is 9.47 Å². The van der Waals surface area contributed by atoms with Gasteiger partial charge in [0.05, 0.1) is 13.7 Å². The average molecular weight is 351 g/mol. The third-order valence-electron chi connectivity index (χ3n) is 3.66. The SMILES string of the molecule is CCOc1ccc(Nc2ncnc(Nc3ccc(OC)cc3)c2N)cc1. The number of nitrogens with one attached hydrogen (secondary N) is 2. The molecule has 3 rings (SSSR count). The van der Waals surface area contributed by atoms with Crippen molar-refractivity contribution in [3.05, 3.63) is 54.9 Å². The van der Waals surface area contributed by atoms with Crippen molar-refractivity contribution in [3.8, 4) is 11.5 Å². The molecule has 0 saturated carbocycles. The van der Waals surface area contributed by atoms with Crippen LogP contribution in [0.4, 0.5) is 28.7 Å². The van der Waals surface area contributed by atoms with E-state index in [0.717, 1.165) is 22.9 Å². The maximum absolute atomic E-state index is 6.21. The Kier molecular flexibility index (Phi) is 5.38. The first kappa shape index (κ1) is 17.3. The van der Waals surface area contributed by atoms with Gasteiger partial charge in [0.15, 0.2) is 11.6 Å². The van der Waals surface area contributed by atoms with Gasteiger partial charge in [0.25, 0.3) is 0 Å². The second kappa shape index (κ2) is 8.06. The van der Waals surface area contributed by atoms with E-state index in [2.05, 4.69) is 20.6 Å². The third kappa shape index (κ3) is 4.13. The van der Waals surface area contributed by atoms with E-state index >= 15 is 0 Å². The normalized spacial score (nSPS) is 10.2. The lowest BCUT2D eigenvalue weighted by Gasteiger charge is -2.13. The highest BCUT2D eigenvalue weighted by molar-refractivity contribution is 5.80. The van der Waals surface area contributed by atoms with E-state index < -0.39 is 0 Å². The Morgan fingerprint density at radius 3 is 1.81 bits per heavy atom. The first-order chi connectivity index (χ1) is 12.7. The van der Waals surface area contributed by atoms with Crippen molar-refractivity contribution in [1.29, 1.82) is 0 Å². The average Bonchev–Trinajstić information content (AvgIpc) is 2.67. The number of nitrogens with two attached hydrogens (primary N) is 1. The van der Waals surface area contributed by atoms with Crippen molar-refractivity contribution in [1.82, 2.24) is 9.97 Å². The highest BCUT2D eigenvalue weighted by atomic mass is 16.5. The standard InChI is InChI=1S/C19H21N5O2/c1-3-26-16-10-6-14(7-11-16)24-19-17(20)18(21-12-22-19)23-13-4-8-15(25-2)9-5-13/h4-12H,3,20H2,1-2H3,(H2,21,22,23,24). The molecular weight excluding hydrogens is 330 g/mol. The van der Waals surface area contributed by atoms with Gasteiger partial charge < -0.3 is 25.8 Å². The van der Waals surface area contributed by atoms with Crippen LogP contribution in [0.1, 0.15) is 6.92 Å². The molecule has 3 aromatic rings. The topological polar surface area (TPSA) is 94.3 Å². The zero-order valence-corrected chi connectivity index (χ0v) is 14.7. The van der Waals surface area contributed by atoms with Gasteiger partial charge in [0, 0.05) is 11.4 Å². The molecule has 0 bridgehead atoms. The highest BCUT2D eigenvalue weighted by Gasteiger charge is 2.09. The van der Waals surface area contributed by atoms with Crippen LogP contribution in [0.15, 0.2) is 54.9 Å². The third-order valence-corrected chi connectivity index (χ3v) is 3.66. The molecule has 0 aliphatic carbocycles. The zero-order valence-electron chi connectivity index (χ0n) is 14.7. The van der Waals surface area contributed by atoms with Gasteiger partial charge in [-0.15, -0.1) is 0 Å². The number of hydrogen-bond donors (Lipinski definition) is 3. The second-order valence-corrected chi connectivity index (χ2v) is 5.42. The number of aromatic nitrogens is 2. The predicted octanol–water partition coefficient (Wildman–Crippen LogP) is 3.95. The Bertz CT molecular complexity index is 851. The minimum Gasteiger partial charge on any atom is -0.497 e. The van der Waals surface area contributed by atoms with Crippen molar-refractivity contribution in [2.45, 2.75) is 6.92 Å². The fraction of sp³-hybridized carbons (Fsp3) is 0.158. The molecule has 0 fully saturated rings. The van der Waals surface area contributed by atoms with Gasteiger partial charge in [-0.2, -0.15) is 0 Å². The number of nitrogens with zero attached hydrogens (tertiary/aromatic N) is 2. The van der Waals surface area contributed by atoms with Crippen LogP contribution in [0.25, 0.3) is 0 Å². The summed E-state index contributed by atoms with van der Waals surface area (Å²) in [5.41, 5.74) is 8.35. The number of benzene rings is 2. The highest BCUT2D eigenvalue weighted by Crippen LogP contribution is 2.29. The molecule has 1 heterocycles. The van der Waals surface area contributed by atoms with E-state index in [9.17, 15) is 0 Å². The fourth-order valence-electron chi connectivity index (χ4n) is 2.34. The van der Waals surface area contributed by atoms with Crippen LogP contribution in [0.5, 0.6) is 11.5 Å². The van der Waals surface area contributed by atoms with Crippen LogP contribution in [0, 0.1) is 0 Å². The molecule has 1 aromatic heterocycles. The Hall–Kier alpha value is -3.48. The smallest absolute Gasteiger partial charge is 0.159 e. The van der Waals surface area contributed by atoms with Gasteiger partial charge in [0.2, 0.25) is 0 Å². The van der Waals surface area contributed by atoms with Crippen LogP contribution in [0.2, 0.25) is 0 Å². The Morgan fingerprint density at radius 1 is 0.846 bits per heavy atom. The summed E-state index contributed by atoms with van der Waals surface area (Å²) in [6.45, 7) is 2.58. The monoisotopic (exact) mass is 351 g/mol. The summed E-state index contributed by atoms with van der Waals surface area (Å²) in [4.78, 5) is 8.44. The van der Waals surface area contributed by atoms with E-state index in [1.807, 2.05) is 55.5 Å². The van der Waals surface area contributed by atoms with E-state index in [1.54, 1.807) is 7.11 Å². The molecule has 7 heteroatoms. The number of ether oxygens (including phenoxy) is 2. The lowest BCUT2D eigenvalue weighted by molar-refractivity contribution is 0.340. The number of rotatable bonds is 7. The van der Waals surface area contributed by atoms with Crippen molar-refractivity contribution in [3.63, 3.8) is 0 Å².